The molecule has 1 aliphatic carbocycles. The van der Waals surface area contributed by atoms with Crippen molar-refractivity contribution in [2.45, 2.75) is 58.6 Å². The minimum Gasteiger partial charge on any atom is -0.388 e. The quantitative estimate of drug-likeness (QED) is 0.806. The fourth-order valence-electron chi connectivity index (χ4n) is 3.34. The van der Waals surface area contributed by atoms with Crippen LogP contribution < -0.4 is 5.32 Å². The van der Waals surface area contributed by atoms with Crippen molar-refractivity contribution in [3.63, 3.8) is 0 Å². The van der Waals surface area contributed by atoms with Gasteiger partial charge in [-0.05, 0) is 38.2 Å². The molecule has 0 aliphatic heterocycles. The molecular weight excluding hydrogens is 332 g/mol. The van der Waals surface area contributed by atoms with Crippen LogP contribution in [-0.2, 0) is 20.1 Å². The van der Waals surface area contributed by atoms with Gasteiger partial charge in [0.1, 0.15) is 23.9 Å². The van der Waals surface area contributed by atoms with Gasteiger partial charge in [-0.15, -0.1) is 10.2 Å². The lowest BCUT2D eigenvalue weighted by Crippen LogP contribution is -2.44. The van der Waals surface area contributed by atoms with E-state index in [9.17, 15) is 9.90 Å². The lowest BCUT2D eigenvalue weighted by Gasteiger charge is -2.34. The standard InChI is InChI=1S/C18H26N6O2/c1-10(2)5-13-8-15(20-11(3)19-13)18(26)21-14-6-12(7-14)17-23-22-16(9-25)24(17)4/h8,10,12,14,25H,5-7,9H2,1-4H3,(H,21,26). The maximum absolute atomic E-state index is 12.5. The third-order valence-corrected chi connectivity index (χ3v) is 4.72. The molecule has 2 N–H and O–H groups in total. The molecule has 3 rings (SSSR count). The van der Waals surface area contributed by atoms with Gasteiger partial charge in [0.05, 0.1) is 0 Å². The van der Waals surface area contributed by atoms with Crippen LogP contribution in [0.25, 0.3) is 0 Å². The molecule has 0 bridgehead atoms. The predicted molar refractivity (Wildman–Crippen MR) is 95.5 cm³/mol. The monoisotopic (exact) mass is 358 g/mol. The third-order valence-electron chi connectivity index (χ3n) is 4.72. The molecule has 1 aliphatic rings. The summed E-state index contributed by atoms with van der Waals surface area (Å²) in [7, 11) is 1.85. The van der Waals surface area contributed by atoms with Crippen LogP contribution in [0.2, 0.25) is 0 Å². The highest BCUT2D eigenvalue weighted by atomic mass is 16.3. The van der Waals surface area contributed by atoms with Gasteiger partial charge < -0.3 is 15.0 Å². The van der Waals surface area contributed by atoms with Gasteiger partial charge in [0.2, 0.25) is 0 Å². The van der Waals surface area contributed by atoms with Gasteiger partial charge in [-0.2, -0.15) is 0 Å². The number of aromatic nitrogens is 5. The number of carbonyl (C=O) groups excluding carboxylic acids is 1. The molecule has 2 aromatic heterocycles. The maximum Gasteiger partial charge on any atom is 0.270 e. The van der Waals surface area contributed by atoms with Gasteiger partial charge in [-0.3, -0.25) is 4.79 Å². The number of carbonyl (C=O) groups is 1. The van der Waals surface area contributed by atoms with Crippen molar-refractivity contribution in [2.75, 3.05) is 0 Å². The minimum atomic E-state index is -0.155. The highest BCUT2D eigenvalue weighted by Crippen LogP contribution is 2.36. The van der Waals surface area contributed by atoms with Crippen LogP contribution in [0.3, 0.4) is 0 Å². The second-order valence-electron chi connectivity index (χ2n) is 7.42. The van der Waals surface area contributed by atoms with Crippen molar-refractivity contribution in [1.29, 1.82) is 0 Å². The van der Waals surface area contributed by atoms with E-state index in [2.05, 4.69) is 39.3 Å². The molecule has 140 valence electrons. The first-order chi connectivity index (χ1) is 12.4. The van der Waals surface area contributed by atoms with E-state index in [4.69, 9.17) is 0 Å². The van der Waals surface area contributed by atoms with Crippen molar-refractivity contribution in [1.82, 2.24) is 30.0 Å². The topological polar surface area (TPSA) is 106 Å². The van der Waals surface area contributed by atoms with Gasteiger partial charge in [0, 0.05) is 24.7 Å². The van der Waals surface area contributed by atoms with Crippen molar-refractivity contribution >= 4 is 5.91 Å². The molecule has 0 radical (unpaired) electrons. The molecule has 8 heteroatoms. The normalized spacial score (nSPS) is 19.5. The summed E-state index contributed by atoms with van der Waals surface area (Å²) in [5.41, 5.74) is 1.33. The average molecular weight is 358 g/mol. The van der Waals surface area contributed by atoms with E-state index in [1.807, 2.05) is 18.5 Å². The first kappa shape index (κ1) is 18.4. The molecule has 1 saturated carbocycles. The first-order valence-electron chi connectivity index (χ1n) is 9.01. The number of aliphatic hydroxyl groups is 1. The van der Waals surface area contributed by atoms with E-state index in [1.54, 1.807) is 6.07 Å². The first-order valence-corrected chi connectivity index (χ1v) is 9.01. The van der Waals surface area contributed by atoms with Gasteiger partial charge in [0.15, 0.2) is 5.82 Å². The Balaban J connectivity index is 1.60. The fourth-order valence-corrected chi connectivity index (χ4v) is 3.34. The SMILES string of the molecule is Cc1nc(CC(C)C)cc(C(=O)NC2CC(c3nnc(CO)n3C)C2)n1. The number of hydrogen-bond acceptors (Lipinski definition) is 6. The van der Waals surface area contributed by atoms with E-state index in [1.165, 1.54) is 0 Å². The van der Waals surface area contributed by atoms with E-state index < -0.39 is 0 Å². The van der Waals surface area contributed by atoms with E-state index in [-0.39, 0.29) is 24.5 Å². The number of aliphatic hydroxyl groups excluding tert-OH is 1. The Hall–Kier alpha value is -2.35. The van der Waals surface area contributed by atoms with Gasteiger partial charge >= 0.3 is 0 Å². The predicted octanol–water partition coefficient (Wildman–Crippen LogP) is 1.28. The molecular formula is C18H26N6O2. The molecule has 1 fully saturated rings. The Morgan fingerprint density at radius 3 is 2.69 bits per heavy atom. The Bertz CT molecular complexity index is 795. The molecule has 0 unspecified atom stereocenters. The summed E-state index contributed by atoms with van der Waals surface area (Å²) >= 11 is 0. The van der Waals surface area contributed by atoms with Gasteiger partial charge in [-0.1, -0.05) is 13.8 Å². The van der Waals surface area contributed by atoms with E-state index >= 15 is 0 Å². The lowest BCUT2D eigenvalue weighted by molar-refractivity contribution is 0.0901. The fraction of sp³-hybridized carbons (Fsp3) is 0.611. The van der Waals surface area contributed by atoms with Crippen LogP contribution >= 0.6 is 0 Å². The molecule has 0 atom stereocenters. The van der Waals surface area contributed by atoms with Gasteiger partial charge in [-0.25, -0.2) is 9.97 Å². The number of hydrogen-bond donors (Lipinski definition) is 2. The summed E-state index contributed by atoms with van der Waals surface area (Å²) in [4.78, 5) is 21.2. The Morgan fingerprint density at radius 1 is 1.35 bits per heavy atom. The van der Waals surface area contributed by atoms with E-state index in [0.717, 1.165) is 30.8 Å². The zero-order valence-corrected chi connectivity index (χ0v) is 15.7. The molecule has 2 aromatic rings. The second kappa shape index (κ2) is 7.49. The second-order valence-corrected chi connectivity index (χ2v) is 7.42. The molecule has 2 heterocycles. The molecule has 0 aromatic carbocycles. The zero-order valence-electron chi connectivity index (χ0n) is 15.7. The average Bonchev–Trinajstić information content (AvgIpc) is 2.89. The number of nitrogens with one attached hydrogen (secondary N) is 1. The van der Waals surface area contributed by atoms with Crippen molar-refractivity contribution in [2.24, 2.45) is 13.0 Å². The Labute approximate surface area is 153 Å². The summed E-state index contributed by atoms with van der Waals surface area (Å²) in [5.74, 6) is 2.61. The highest BCUT2D eigenvalue weighted by molar-refractivity contribution is 5.92. The lowest BCUT2D eigenvalue weighted by atomic mass is 9.79. The van der Waals surface area contributed by atoms with Crippen LogP contribution in [0, 0.1) is 12.8 Å². The minimum absolute atomic E-state index is 0.102. The van der Waals surface area contributed by atoms with Crippen LogP contribution in [-0.4, -0.2) is 41.8 Å². The van der Waals surface area contributed by atoms with Crippen LogP contribution in [0.5, 0.6) is 0 Å². The summed E-state index contributed by atoms with van der Waals surface area (Å²) in [6.45, 7) is 5.94. The molecule has 0 saturated heterocycles. The summed E-state index contributed by atoms with van der Waals surface area (Å²) in [6.07, 6.45) is 2.45. The van der Waals surface area contributed by atoms with Gasteiger partial charge in [0.25, 0.3) is 5.91 Å². The molecule has 0 spiro atoms. The van der Waals surface area contributed by atoms with Crippen molar-refractivity contribution in [3.8, 4) is 0 Å². The molecule has 8 nitrogen and oxygen atoms in total. The number of rotatable bonds is 6. The number of nitrogens with zero attached hydrogens (tertiary/aromatic N) is 5. The zero-order chi connectivity index (χ0) is 18.8. The Morgan fingerprint density at radius 2 is 2.08 bits per heavy atom. The third kappa shape index (κ3) is 3.90. The number of aryl methyl sites for hydroxylation is 1. The van der Waals surface area contributed by atoms with Crippen LogP contribution in [0.1, 0.15) is 66.3 Å². The number of amides is 1. The van der Waals surface area contributed by atoms with Crippen molar-refractivity contribution in [3.05, 3.63) is 34.9 Å². The summed E-state index contributed by atoms with van der Waals surface area (Å²) in [6, 6.07) is 1.89. The largest absolute Gasteiger partial charge is 0.388 e. The van der Waals surface area contributed by atoms with Crippen LogP contribution in [0.15, 0.2) is 6.07 Å². The smallest absolute Gasteiger partial charge is 0.270 e. The Kier molecular flexibility index (Phi) is 5.31. The highest BCUT2D eigenvalue weighted by Gasteiger charge is 2.35. The molecule has 1 amide bonds. The van der Waals surface area contributed by atoms with Crippen molar-refractivity contribution < 1.29 is 9.90 Å². The van der Waals surface area contributed by atoms with Crippen LogP contribution in [0.4, 0.5) is 0 Å². The summed E-state index contributed by atoms with van der Waals surface area (Å²) in [5, 5.41) is 20.4. The van der Waals surface area contributed by atoms with E-state index in [0.29, 0.717) is 23.3 Å². The molecule has 26 heavy (non-hydrogen) atoms. The summed E-state index contributed by atoms with van der Waals surface area (Å²) < 4.78 is 1.83. The maximum atomic E-state index is 12.5.